The van der Waals surface area contributed by atoms with E-state index in [1.165, 1.54) is 29.8 Å². The van der Waals surface area contributed by atoms with Crippen molar-refractivity contribution in [2.75, 3.05) is 34.5 Å². The summed E-state index contributed by atoms with van der Waals surface area (Å²) < 4.78 is 0. The Hall–Kier alpha value is -2.85. The maximum atomic E-state index is 13.2. The van der Waals surface area contributed by atoms with Crippen LogP contribution in [0.1, 0.15) is 41.6 Å². The summed E-state index contributed by atoms with van der Waals surface area (Å²) in [5.41, 5.74) is 3.52. The Bertz CT molecular complexity index is 1310. The van der Waals surface area contributed by atoms with Gasteiger partial charge >= 0.3 is 0 Å². The van der Waals surface area contributed by atoms with E-state index in [0.29, 0.717) is 44.1 Å². The zero-order chi connectivity index (χ0) is 25.2. The Morgan fingerprint density at radius 2 is 1.92 bits per heavy atom. The van der Waals surface area contributed by atoms with E-state index >= 15 is 0 Å². The number of amides is 2. The van der Waals surface area contributed by atoms with Crippen molar-refractivity contribution < 1.29 is 9.59 Å². The van der Waals surface area contributed by atoms with Crippen LogP contribution in [0, 0.1) is 0 Å². The molecule has 2 amide bonds. The highest BCUT2D eigenvalue weighted by Gasteiger charge is 2.30. The zero-order valence-electron chi connectivity index (χ0n) is 19.5. The lowest BCUT2D eigenvalue weighted by Gasteiger charge is -2.28. The lowest BCUT2D eigenvalue weighted by atomic mass is 9.89. The molecule has 0 aliphatic carbocycles. The molecule has 1 aromatic heterocycles. The van der Waals surface area contributed by atoms with Gasteiger partial charge in [0.1, 0.15) is 5.03 Å². The maximum absolute atomic E-state index is 13.2. The average molecular weight is 543 g/mol. The van der Waals surface area contributed by atoms with Crippen molar-refractivity contribution in [1.29, 1.82) is 0 Å². The summed E-state index contributed by atoms with van der Waals surface area (Å²) in [6.45, 7) is 3.43. The number of carbonyl (C=O) groups is 2. The second kappa shape index (κ2) is 10.6. The van der Waals surface area contributed by atoms with E-state index in [1.807, 2.05) is 18.2 Å². The number of hydrogen-bond acceptors (Lipinski definition) is 7. The summed E-state index contributed by atoms with van der Waals surface area (Å²) in [5.74, 6) is 0.694. The van der Waals surface area contributed by atoms with Crippen LogP contribution < -0.4 is 20.9 Å². The molecule has 0 radical (unpaired) electrons. The van der Waals surface area contributed by atoms with Crippen LogP contribution >= 0.6 is 35.0 Å². The number of fused-ring (bicyclic) bond motifs is 1. The third-order valence-corrected chi connectivity index (χ3v) is 7.75. The van der Waals surface area contributed by atoms with Crippen LogP contribution in [0.15, 0.2) is 47.6 Å². The van der Waals surface area contributed by atoms with Gasteiger partial charge in [-0.05, 0) is 61.7 Å². The van der Waals surface area contributed by atoms with Gasteiger partial charge in [-0.3, -0.25) is 14.5 Å². The molecule has 11 heteroatoms. The van der Waals surface area contributed by atoms with Crippen molar-refractivity contribution in [3.63, 3.8) is 0 Å². The van der Waals surface area contributed by atoms with Crippen molar-refractivity contribution in [2.45, 2.75) is 30.7 Å². The molecule has 0 saturated carbocycles. The third kappa shape index (κ3) is 5.15. The van der Waals surface area contributed by atoms with Crippen LogP contribution in [0.5, 0.6) is 0 Å². The molecule has 3 heterocycles. The molecule has 1 saturated heterocycles. The number of hydrogen-bond donors (Lipinski definition) is 3. The molecule has 0 atom stereocenters. The van der Waals surface area contributed by atoms with Gasteiger partial charge in [-0.1, -0.05) is 47.1 Å². The predicted octanol–water partition coefficient (Wildman–Crippen LogP) is 5.66. The van der Waals surface area contributed by atoms with Gasteiger partial charge in [-0.15, -0.1) is 0 Å². The second-order valence-corrected chi connectivity index (χ2v) is 10.4. The summed E-state index contributed by atoms with van der Waals surface area (Å²) in [6, 6.07) is 11.1. The van der Waals surface area contributed by atoms with E-state index in [0.717, 1.165) is 42.9 Å². The number of aromatic nitrogens is 2. The average Bonchev–Trinajstić information content (AvgIpc) is 2.85. The quantitative estimate of drug-likeness (QED) is 0.357. The number of nitrogens with zero attached hydrogens (tertiary/aromatic N) is 3. The molecule has 1 fully saturated rings. The van der Waals surface area contributed by atoms with E-state index in [1.54, 1.807) is 18.2 Å². The van der Waals surface area contributed by atoms with E-state index in [9.17, 15) is 9.59 Å². The molecule has 0 bridgehead atoms. The summed E-state index contributed by atoms with van der Waals surface area (Å²) >= 11 is 14.0. The Labute approximate surface area is 223 Å². The molecule has 0 spiro atoms. The molecule has 186 valence electrons. The first-order valence-electron chi connectivity index (χ1n) is 11.6. The molecule has 0 unspecified atom stereocenters. The fourth-order valence-corrected chi connectivity index (χ4v) is 6.02. The molecular formula is C25H24Cl2N6O2S. The van der Waals surface area contributed by atoms with Crippen molar-refractivity contribution in [3.8, 4) is 0 Å². The number of piperidine rings is 1. The Morgan fingerprint density at radius 3 is 2.64 bits per heavy atom. The van der Waals surface area contributed by atoms with Gasteiger partial charge in [0.15, 0.2) is 0 Å². The van der Waals surface area contributed by atoms with Crippen LogP contribution in [-0.4, -0.2) is 40.7 Å². The summed E-state index contributed by atoms with van der Waals surface area (Å²) in [4.78, 5) is 35.5. The number of thioether (sulfide) groups is 1. The lowest BCUT2D eigenvalue weighted by molar-refractivity contribution is -0.114. The Kier molecular flexibility index (Phi) is 7.34. The number of benzene rings is 2. The van der Waals surface area contributed by atoms with Gasteiger partial charge in [0.25, 0.3) is 5.91 Å². The smallest absolute Gasteiger partial charge is 0.263 e. The molecule has 2 aromatic carbocycles. The normalized spacial score (nSPS) is 16.0. The molecule has 36 heavy (non-hydrogen) atoms. The van der Waals surface area contributed by atoms with Crippen LogP contribution in [0.2, 0.25) is 10.0 Å². The zero-order valence-corrected chi connectivity index (χ0v) is 21.8. The molecule has 2 aliphatic heterocycles. The summed E-state index contributed by atoms with van der Waals surface area (Å²) in [7, 11) is 0. The second-order valence-electron chi connectivity index (χ2n) is 8.62. The predicted molar refractivity (Wildman–Crippen MR) is 145 cm³/mol. The highest BCUT2D eigenvalue weighted by atomic mass is 35.5. The first-order valence-corrected chi connectivity index (χ1v) is 13.3. The van der Waals surface area contributed by atoms with Crippen LogP contribution in [0.25, 0.3) is 0 Å². The first kappa shape index (κ1) is 24.8. The van der Waals surface area contributed by atoms with Crippen LogP contribution in [0.4, 0.5) is 23.0 Å². The Morgan fingerprint density at radius 1 is 1.17 bits per heavy atom. The van der Waals surface area contributed by atoms with Crippen molar-refractivity contribution in [1.82, 2.24) is 15.3 Å². The summed E-state index contributed by atoms with van der Waals surface area (Å²) in [6.07, 6.45) is 3.55. The van der Waals surface area contributed by atoms with Crippen molar-refractivity contribution >= 4 is 69.8 Å². The van der Waals surface area contributed by atoms with Crippen LogP contribution in [0.3, 0.4) is 0 Å². The monoisotopic (exact) mass is 542 g/mol. The van der Waals surface area contributed by atoms with Gasteiger partial charge in [0, 0.05) is 24.5 Å². The number of halogens is 2. The maximum Gasteiger partial charge on any atom is 0.263 e. The standard InChI is InChI=1S/C25H24Cl2N6O2S/c1-14(34)30-21-11-16(5-6-17(21)15-7-9-28-10-8-15)31-25-29-12-18-23(32-25)36-13-33(24(18)35)22-19(26)3-2-4-20(22)27/h2-6,11-12,15,28H,7-10,13H2,1H3,(H,30,34)(H,29,31,32). The molecule has 5 rings (SSSR count). The summed E-state index contributed by atoms with van der Waals surface area (Å²) in [5, 5.41) is 10.9. The fraction of sp³-hybridized carbons (Fsp3) is 0.280. The fourth-order valence-electron chi connectivity index (χ4n) is 4.48. The minimum absolute atomic E-state index is 0.120. The van der Waals surface area contributed by atoms with Gasteiger partial charge < -0.3 is 16.0 Å². The minimum Gasteiger partial charge on any atom is -0.326 e. The molecule has 3 aromatic rings. The highest BCUT2D eigenvalue weighted by molar-refractivity contribution is 7.99. The van der Waals surface area contributed by atoms with E-state index in [4.69, 9.17) is 23.2 Å². The third-order valence-electron chi connectivity index (χ3n) is 6.17. The molecule has 8 nitrogen and oxygen atoms in total. The first-order chi connectivity index (χ1) is 17.4. The number of rotatable bonds is 5. The largest absolute Gasteiger partial charge is 0.326 e. The topological polar surface area (TPSA) is 99.2 Å². The van der Waals surface area contributed by atoms with E-state index in [2.05, 4.69) is 25.9 Å². The van der Waals surface area contributed by atoms with Gasteiger partial charge in [0.2, 0.25) is 11.9 Å². The number of anilines is 4. The molecular weight excluding hydrogens is 519 g/mol. The highest BCUT2D eigenvalue weighted by Crippen LogP contribution is 2.40. The number of para-hydroxylation sites is 1. The molecule has 3 N–H and O–H groups in total. The lowest BCUT2D eigenvalue weighted by Crippen LogP contribution is -2.35. The van der Waals surface area contributed by atoms with Gasteiger partial charge in [-0.2, -0.15) is 0 Å². The van der Waals surface area contributed by atoms with Crippen LogP contribution in [-0.2, 0) is 4.79 Å². The van der Waals surface area contributed by atoms with E-state index < -0.39 is 0 Å². The molecule has 2 aliphatic rings. The van der Waals surface area contributed by atoms with Crippen molar-refractivity contribution in [2.24, 2.45) is 0 Å². The van der Waals surface area contributed by atoms with Crippen molar-refractivity contribution in [3.05, 3.63) is 63.8 Å². The SMILES string of the molecule is CC(=O)Nc1cc(Nc2ncc3c(n2)SCN(c2c(Cl)cccc2Cl)C3=O)ccc1C1CCNCC1. The number of carbonyl (C=O) groups excluding carboxylic acids is 2. The van der Waals surface area contributed by atoms with Gasteiger partial charge in [0.05, 0.1) is 27.2 Å². The van der Waals surface area contributed by atoms with E-state index in [-0.39, 0.29) is 11.8 Å². The minimum atomic E-state index is -0.260. The number of nitrogens with one attached hydrogen (secondary N) is 3. The van der Waals surface area contributed by atoms with Gasteiger partial charge in [-0.25, -0.2) is 9.97 Å². The Balaban J connectivity index is 1.38.